The van der Waals surface area contributed by atoms with Gasteiger partial charge in [0.05, 0.1) is 12.9 Å². The second kappa shape index (κ2) is 4.48. The molecule has 0 unspecified atom stereocenters. The molecule has 2 saturated heterocycles. The Hall–Kier alpha value is -1.04. The Kier molecular flexibility index (Phi) is 2.90. The van der Waals surface area contributed by atoms with E-state index in [0.717, 1.165) is 0 Å². The van der Waals surface area contributed by atoms with Crippen molar-refractivity contribution in [2.45, 2.75) is 38.1 Å². The van der Waals surface area contributed by atoms with Crippen molar-refractivity contribution in [1.82, 2.24) is 19.5 Å². The maximum Gasteiger partial charge on any atom is 0.194 e. The van der Waals surface area contributed by atoms with Crippen LogP contribution in [0.4, 0.5) is 5.82 Å². The van der Waals surface area contributed by atoms with Crippen LogP contribution in [0.2, 0.25) is 0 Å². The Balaban J connectivity index is 1.77. The van der Waals surface area contributed by atoms with Crippen LogP contribution in [0.15, 0.2) is 6.33 Å². The number of nitrogen functional groups attached to an aromatic ring is 1. The molecule has 0 bridgehead atoms. The lowest BCUT2D eigenvalue weighted by molar-refractivity contribution is -0.183. The molecular weight excluding hydrogens is 389 g/mol. The SMILES string of the molecule is CC1(C)O[C@H]2[C@H](n3cnc4c(N)nc(I)nc43)OC[C@H]2O1. The molecule has 21 heavy (non-hydrogen) atoms. The molecule has 8 nitrogen and oxygen atoms in total. The zero-order valence-electron chi connectivity index (χ0n) is 11.5. The smallest absolute Gasteiger partial charge is 0.194 e. The van der Waals surface area contributed by atoms with Gasteiger partial charge in [0.1, 0.15) is 17.7 Å². The monoisotopic (exact) mass is 403 g/mol. The molecule has 0 amide bonds. The van der Waals surface area contributed by atoms with Gasteiger partial charge in [-0.05, 0) is 13.8 Å². The van der Waals surface area contributed by atoms with Crippen LogP contribution in [0, 0.1) is 3.83 Å². The van der Waals surface area contributed by atoms with Gasteiger partial charge in [-0.1, -0.05) is 0 Å². The Bertz CT molecular complexity index is 718. The molecule has 9 heteroatoms. The highest BCUT2D eigenvalue weighted by Crippen LogP contribution is 2.40. The Morgan fingerprint density at radius 1 is 1.38 bits per heavy atom. The summed E-state index contributed by atoms with van der Waals surface area (Å²) in [6.07, 6.45) is 1.06. The van der Waals surface area contributed by atoms with Gasteiger partial charge in [-0.2, -0.15) is 0 Å². The molecule has 112 valence electrons. The number of hydrogen-bond acceptors (Lipinski definition) is 7. The van der Waals surface area contributed by atoms with Crippen molar-refractivity contribution in [2.75, 3.05) is 12.3 Å². The summed E-state index contributed by atoms with van der Waals surface area (Å²) in [5.74, 6) is -0.238. The van der Waals surface area contributed by atoms with Crippen LogP contribution < -0.4 is 5.73 Å². The van der Waals surface area contributed by atoms with Crippen molar-refractivity contribution in [3.63, 3.8) is 0 Å². The summed E-state index contributed by atoms with van der Waals surface area (Å²) in [6.45, 7) is 4.28. The lowest BCUT2D eigenvalue weighted by atomic mass is 10.2. The molecule has 0 aliphatic carbocycles. The number of fused-ring (bicyclic) bond motifs is 2. The van der Waals surface area contributed by atoms with Crippen LogP contribution in [0.25, 0.3) is 11.2 Å². The fourth-order valence-corrected chi connectivity index (χ4v) is 3.35. The van der Waals surface area contributed by atoms with Gasteiger partial charge in [0.25, 0.3) is 0 Å². The molecule has 0 spiro atoms. The summed E-state index contributed by atoms with van der Waals surface area (Å²) >= 11 is 2.03. The normalized spacial score (nSPS) is 30.9. The minimum atomic E-state index is -0.601. The summed E-state index contributed by atoms with van der Waals surface area (Å²) in [5, 5.41) is 0. The maximum atomic E-state index is 5.95. The first kappa shape index (κ1) is 13.6. The first-order valence-electron chi connectivity index (χ1n) is 6.57. The number of halogens is 1. The van der Waals surface area contributed by atoms with Crippen LogP contribution in [0.3, 0.4) is 0 Å². The first-order valence-corrected chi connectivity index (χ1v) is 7.65. The Labute approximate surface area is 134 Å². The molecule has 2 fully saturated rings. The lowest BCUT2D eigenvalue weighted by Crippen LogP contribution is -2.27. The van der Waals surface area contributed by atoms with E-state index in [1.54, 1.807) is 6.33 Å². The minimum Gasteiger partial charge on any atom is -0.382 e. The van der Waals surface area contributed by atoms with E-state index in [2.05, 4.69) is 15.0 Å². The van der Waals surface area contributed by atoms with Crippen molar-refractivity contribution in [1.29, 1.82) is 0 Å². The zero-order valence-corrected chi connectivity index (χ0v) is 13.6. The van der Waals surface area contributed by atoms with Gasteiger partial charge in [-0.15, -0.1) is 0 Å². The summed E-state index contributed by atoms with van der Waals surface area (Å²) in [4.78, 5) is 12.8. The predicted molar refractivity (Wildman–Crippen MR) is 81.3 cm³/mol. The summed E-state index contributed by atoms with van der Waals surface area (Å²) in [6, 6.07) is 0. The summed E-state index contributed by atoms with van der Waals surface area (Å²) < 4.78 is 20.0. The molecule has 0 saturated carbocycles. The maximum absolute atomic E-state index is 5.95. The molecule has 4 rings (SSSR count). The zero-order chi connectivity index (χ0) is 14.8. The first-order chi connectivity index (χ1) is 9.94. The second-order valence-electron chi connectivity index (χ2n) is 5.56. The fraction of sp³-hybridized carbons (Fsp3) is 0.583. The fourth-order valence-electron chi connectivity index (χ4n) is 2.86. The van der Waals surface area contributed by atoms with Gasteiger partial charge < -0.3 is 19.9 Å². The number of nitrogens with two attached hydrogens (primary N) is 1. The standard InChI is InChI=1S/C12H14IN5O3/c1-12(2)20-5-3-19-10(7(5)21-12)18-4-15-6-8(14)16-11(13)17-9(6)18/h4-5,7,10H,3H2,1-2H3,(H2,14,16,17)/t5-,7-,10-/m1/s1. The highest BCUT2D eigenvalue weighted by atomic mass is 127. The number of ether oxygens (including phenoxy) is 3. The number of aromatic nitrogens is 4. The Morgan fingerprint density at radius 3 is 3.00 bits per heavy atom. The number of hydrogen-bond donors (Lipinski definition) is 1. The third-order valence-electron chi connectivity index (χ3n) is 3.63. The van der Waals surface area contributed by atoms with Crippen molar-refractivity contribution in [3.05, 3.63) is 10.2 Å². The average Bonchev–Trinajstić information content (AvgIpc) is 3.00. The van der Waals surface area contributed by atoms with E-state index in [0.29, 0.717) is 27.4 Å². The van der Waals surface area contributed by atoms with Gasteiger partial charge in [0.15, 0.2) is 27.3 Å². The van der Waals surface area contributed by atoms with Crippen molar-refractivity contribution < 1.29 is 14.2 Å². The third kappa shape index (κ3) is 2.10. The van der Waals surface area contributed by atoms with Gasteiger partial charge in [-0.3, -0.25) is 4.57 Å². The van der Waals surface area contributed by atoms with Crippen LogP contribution >= 0.6 is 22.6 Å². The van der Waals surface area contributed by atoms with Crippen LogP contribution in [-0.2, 0) is 14.2 Å². The van der Waals surface area contributed by atoms with E-state index in [9.17, 15) is 0 Å². The van der Waals surface area contributed by atoms with E-state index in [4.69, 9.17) is 19.9 Å². The average molecular weight is 403 g/mol. The van der Waals surface area contributed by atoms with E-state index in [1.807, 2.05) is 41.0 Å². The van der Waals surface area contributed by atoms with Crippen molar-refractivity contribution in [3.8, 4) is 0 Å². The number of nitrogens with zero attached hydrogens (tertiary/aromatic N) is 4. The molecule has 4 heterocycles. The topological polar surface area (TPSA) is 97.3 Å². The molecule has 3 atom stereocenters. The third-order valence-corrected chi connectivity index (χ3v) is 4.11. The molecular formula is C12H14IN5O3. The quantitative estimate of drug-likeness (QED) is 0.562. The number of anilines is 1. The summed E-state index contributed by atoms with van der Waals surface area (Å²) in [7, 11) is 0. The summed E-state index contributed by atoms with van der Waals surface area (Å²) in [5.41, 5.74) is 7.10. The molecule has 2 aliphatic heterocycles. The highest BCUT2D eigenvalue weighted by Gasteiger charge is 2.51. The van der Waals surface area contributed by atoms with E-state index in [1.165, 1.54) is 0 Å². The van der Waals surface area contributed by atoms with Crippen molar-refractivity contribution in [2.24, 2.45) is 0 Å². The molecule has 0 radical (unpaired) electrons. The predicted octanol–water partition coefficient (Wildman–Crippen LogP) is 1.06. The van der Waals surface area contributed by atoms with Crippen LogP contribution in [0.1, 0.15) is 20.1 Å². The lowest BCUT2D eigenvalue weighted by Gasteiger charge is -2.22. The van der Waals surface area contributed by atoms with Crippen LogP contribution in [-0.4, -0.2) is 44.1 Å². The molecule has 2 aromatic heterocycles. The Morgan fingerprint density at radius 2 is 2.19 bits per heavy atom. The van der Waals surface area contributed by atoms with E-state index < -0.39 is 5.79 Å². The van der Waals surface area contributed by atoms with Gasteiger partial charge in [0, 0.05) is 22.6 Å². The van der Waals surface area contributed by atoms with E-state index in [-0.39, 0.29) is 18.4 Å². The molecule has 2 aromatic rings. The van der Waals surface area contributed by atoms with Gasteiger partial charge in [0.2, 0.25) is 0 Å². The van der Waals surface area contributed by atoms with Gasteiger partial charge in [-0.25, -0.2) is 15.0 Å². The molecule has 0 aromatic carbocycles. The van der Waals surface area contributed by atoms with Crippen LogP contribution in [0.5, 0.6) is 0 Å². The molecule has 2 N–H and O–H groups in total. The van der Waals surface area contributed by atoms with E-state index >= 15 is 0 Å². The highest BCUT2D eigenvalue weighted by molar-refractivity contribution is 14.1. The van der Waals surface area contributed by atoms with Crippen molar-refractivity contribution >= 4 is 39.6 Å². The largest absolute Gasteiger partial charge is 0.382 e. The second-order valence-corrected chi connectivity index (χ2v) is 6.53. The number of rotatable bonds is 1. The number of imidazole rings is 1. The van der Waals surface area contributed by atoms with Gasteiger partial charge >= 0.3 is 0 Å². The minimum absolute atomic E-state index is 0.0827. The molecule has 2 aliphatic rings.